The fourth-order valence-corrected chi connectivity index (χ4v) is 2.48. The molecule has 0 spiro atoms. The summed E-state index contributed by atoms with van der Waals surface area (Å²) in [5.74, 6) is -1.15. The lowest BCUT2D eigenvalue weighted by atomic mass is 10.1. The Bertz CT molecular complexity index is 512. The van der Waals surface area contributed by atoms with Gasteiger partial charge in [0.15, 0.2) is 6.10 Å². The first-order valence-electron chi connectivity index (χ1n) is 7.22. The smallest absolute Gasteiger partial charge is 0.332 e. The van der Waals surface area contributed by atoms with Gasteiger partial charge in [0.25, 0.3) is 5.91 Å². The molecule has 0 unspecified atom stereocenters. The predicted octanol–water partition coefficient (Wildman–Crippen LogP) is 1.84. The van der Waals surface area contributed by atoms with Crippen molar-refractivity contribution < 1.29 is 19.4 Å². The molecule has 5 nitrogen and oxygen atoms in total. The average Bonchev–Trinajstić information content (AvgIpc) is 2.97. The zero-order valence-corrected chi connectivity index (χ0v) is 12.4. The third kappa shape index (κ3) is 3.82. The Morgan fingerprint density at radius 1 is 1.19 bits per heavy atom. The number of hydrogen-bond donors (Lipinski definition) is 1. The van der Waals surface area contributed by atoms with Gasteiger partial charge >= 0.3 is 5.97 Å². The van der Waals surface area contributed by atoms with Crippen LogP contribution in [0.4, 0.5) is 0 Å². The highest BCUT2D eigenvalue weighted by molar-refractivity contribution is 5.82. The Labute approximate surface area is 124 Å². The van der Waals surface area contributed by atoms with Gasteiger partial charge in [0, 0.05) is 13.6 Å². The molecule has 1 aliphatic heterocycles. The first kappa shape index (κ1) is 15.5. The van der Waals surface area contributed by atoms with Crippen LogP contribution < -0.4 is 0 Å². The molecule has 1 aromatic carbocycles. The quantitative estimate of drug-likeness (QED) is 0.899. The van der Waals surface area contributed by atoms with Crippen molar-refractivity contribution in [2.75, 3.05) is 7.05 Å². The molecular weight excluding hydrogens is 270 g/mol. The van der Waals surface area contributed by atoms with Crippen LogP contribution in [0.25, 0.3) is 0 Å². The zero-order chi connectivity index (χ0) is 15.4. The van der Waals surface area contributed by atoms with E-state index in [4.69, 9.17) is 9.84 Å². The number of carboxylic acids is 1. The van der Waals surface area contributed by atoms with Crippen molar-refractivity contribution in [1.29, 1.82) is 0 Å². The zero-order valence-electron chi connectivity index (χ0n) is 12.4. The number of likely N-dealkylation sites (N-methyl/N-ethyl adjacent to an activating group) is 1. The van der Waals surface area contributed by atoms with Gasteiger partial charge in [-0.1, -0.05) is 31.2 Å². The van der Waals surface area contributed by atoms with Gasteiger partial charge in [0.05, 0.1) is 0 Å². The minimum atomic E-state index is -0.997. The number of hydrogen-bond acceptors (Lipinski definition) is 3. The normalized spacial score (nSPS) is 21.2. The standard InChI is InChI=1S/C16H21NO4/c1-3-11-4-6-12(7-5-11)10-17(2)15(18)13-8-9-14(21-13)16(19)20/h4-7,13-14H,3,8-10H2,1-2H3,(H,19,20)/t13-,14+/m0/s1. The molecule has 5 heteroatoms. The SMILES string of the molecule is CCc1ccc(CN(C)C(=O)[C@@H]2CC[C@H](C(=O)O)O2)cc1. The molecule has 1 amide bonds. The van der Waals surface area contributed by atoms with Crippen LogP contribution in [0.5, 0.6) is 0 Å². The Morgan fingerprint density at radius 3 is 2.29 bits per heavy atom. The highest BCUT2D eigenvalue weighted by Gasteiger charge is 2.35. The maximum Gasteiger partial charge on any atom is 0.332 e. The highest BCUT2D eigenvalue weighted by atomic mass is 16.5. The van der Waals surface area contributed by atoms with E-state index in [2.05, 4.69) is 19.1 Å². The van der Waals surface area contributed by atoms with Crippen LogP contribution in [0, 0.1) is 0 Å². The highest BCUT2D eigenvalue weighted by Crippen LogP contribution is 2.22. The first-order chi connectivity index (χ1) is 10.0. The first-order valence-corrected chi connectivity index (χ1v) is 7.22. The summed E-state index contributed by atoms with van der Waals surface area (Å²) < 4.78 is 5.29. The second kappa shape index (κ2) is 6.72. The number of carbonyl (C=O) groups excluding carboxylic acids is 1. The van der Waals surface area contributed by atoms with Crippen LogP contribution in [0.1, 0.15) is 30.9 Å². The van der Waals surface area contributed by atoms with Crippen LogP contribution in [-0.4, -0.2) is 41.1 Å². The molecule has 0 saturated carbocycles. The molecule has 1 aromatic rings. The lowest BCUT2D eigenvalue weighted by molar-refractivity contribution is -0.154. The molecule has 1 aliphatic rings. The number of ether oxygens (including phenoxy) is 1. The largest absolute Gasteiger partial charge is 0.479 e. The Balaban J connectivity index is 1.92. The summed E-state index contributed by atoms with van der Waals surface area (Å²) in [5.41, 5.74) is 2.31. The molecule has 0 aliphatic carbocycles. The van der Waals surface area contributed by atoms with Crippen molar-refractivity contribution in [1.82, 2.24) is 4.90 Å². The third-order valence-electron chi connectivity index (χ3n) is 3.80. The number of aliphatic carboxylic acids is 1. The molecule has 114 valence electrons. The van der Waals surface area contributed by atoms with Crippen molar-refractivity contribution >= 4 is 11.9 Å². The molecule has 1 fully saturated rings. The second-order valence-corrected chi connectivity index (χ2v) is 5.39. The summed E-state index contributed by atoms with van der Waals surface area (Å²) in [6, 6.07) is 8.14. The Hall–Kier alpha value is -1.88. The summed E-state index contributed by atoms with van der Waals surface area (Å²) in [7, 11) is 1.72. The van der Waals surface area contributed by atoms with Crippen molar-refractivity contribution in [2.45, 2.75) is 44.9 Å². The number of amides is 1. The number of benzene rings is 1. The van der Waals surface area contributed by atoms with Crippen molar-refractivity contribution in [3.05, 3.63) is 35.4 Å². The molecule has 0 radical (unpaired) electrons. The lowest BCUT2D eigenvalue weighted by Crippen LogP contribution is -2.36. The van der Waals surface area contributed by atoms with Crippen LogP contribution in [0.15, 0.2) is 24.3 Å². The minimum Gasteiger partial charge on any atom is -0.479 e. The molecule has 21 heavy (non-hydrogen) atoms. The monoisotopic (exact) mass is 291 g/mol. The molecule has 1 N–H and O–H groups in total. The van der Waals surface area contributed by atoms with Crippen LogP contribution in [0.3, 0.4) is 0 Å². The molecule has 2 rings (SSSR count). The van der Waals surface area contributed by atoms with Crippen molar-refractivity contribution in [2.24, 2.45) is 0 Å². The Kier molecular flexibility index (Phi) is 4.96. The van der Waals surface area contributed by atoms with Gasteiger partial charge in [0.2, 0.25) is 0 Å². The summed E-state index contributed by atoms with van der Waals surface area (Å²) in [6.45, 7) is 2.60. The maximum absolute atomic E-state index is 12.2. The summed E-state index contributed by atoms with van der Waals surface area (Å²) in [5, 5.41) is 8.89. The van der Waals surface area contributed by atoms with Gasteiger partial charge < -0.3 is 14.7 Å². The summed E-state index contributed by atoms with van der Waals surface area (Å²) >= 11 is 0. The van der Waals surface area contributed by atoms with Gasteiger partial charge in [-0.15, -0.1) is 0 Å². The Morgan fingerprint density at radius 2 is 1.76 bits per heavy atom. The van der Waals surface area contributed by atoms with E-state index in [9.17, 15) is 9.59 Å². The fraction of sp³-hybridized carbons (Fsp3) is 0.500. The van der Waals surface area contributed by atoms with E-state index in [1.54, 1.807) is 11.9 Å². The van der Waals surface area contributed by atoms with Crippen LogP contribution in [-0.2, 0) is 27.3 Å². The molecule has 1 heterocycles. The topological polar surface area (TPSA) is 66.8 Å². The van der Waals surface area contributed by atoms with Gasteiger partial charge in [0.1, 0.15) is 6.10 Å². The van der Waals surface area contributed by atoms with E-state index in [0.29, 0.717) is 19.4 Å². The average molecular weight is 291 g/mol. The van der Waals surface area contributed by atoms with Gasteiger partial charge in [-0.2, -0.15) is 0 Å². The van der Waals surface area contributed by atoms with E-state index < -0.39 is 18.2 Å². The van der Waals surface area contributed by atoms with Gasteiger partial charge in [-0.05, 0) is 30.4 Å². The minimum absolute atomic E-state index is 0.154. The predicted molar refractivity (Wildman–Crippen MR) is 77.8 cm³/mol. The molecule has 2 atom stereocenters. The third-order valence-corrected chi connectivity index (χ3v) is 3.80. The van der Waals surface area contributed by atoms with E-state index >= 15 is 0 Å². The molecular formula is C16H21NO4. The second-order valence-electron chi connectivity index (χ2n) is 5.39. The number of carboxylic acid groups (broad SMARTS) is 1. The number of aryl methyl sites for hydroxylation is 1. The fourth-order valence-electron chi connectivity index (χ4n) is 2.48. The molecule has 1 saturated heterocycles. The van der Waals surface area contributed by atoms with E-state index in [-0.39, 0.29) is 5.91 Å². The summed E-state index contributed by atoms with van der Waals surface area (Å²) in [6.07, 6.45) is 0.364. The van der Waals surface area contributed by atoms with E-state index in [0.717, 1.165) is 12.0 Å². The van der Waals surface area contributed by atoms with Crippen LogP contribution >= 0.6 is 0 Å². The number of rotatable bonds is 5. The van der Waals surface area contributed by atoms with E-state index in [1.165, 1.54) is 5.56 Å². The van der Waals surface area contributed by atoms with Gasteiger partial charge in [-0.3, -0.25) is 4.79 Å². The molecule has 0 bridgehead atoms. The summed E-state index contributed by atoms with van der Waals surface area (Å²) in [4.78, 5) is 24.7. The van der Waals surface area contributed by atoms with E-state index in [1.807, 2.05) is 12.1 Å². The maximum atomic E-state index is 12.2. The van der Waals surface area contributed by atoms with Crippen molar-refractivity contribution in [3.8, 4) is 0 Å². The van der Waals surface area contributed by atoms with Crippen molar-refractivity contribution in [3.63, 3.8) is 0 Å². The van der Waals surface area contributed by atoms with Gasteiger partial charge in [-0.25, -0.2) is 4.79 Å². The number of carbonyl (C=O) groups is 2. The number of nitrogens with zero attached hydrogens (tertiary/aromatic N) is 1. The lowest BCUT2D eigenvalue weighted by Gasteiger charge is -2.21. The molecule has 0 aromatic heterocycles. The van der Waals surface area contributed by atoms with Crippen LogP contribution in [0.2, 0.25) is 0 Å².